The standard InChI is InChI=1S/C22H20FN5O/c1-2-13-28-20(24)18(19-21(28)27-17-10-6-5-9-16(17)26-19)22(29)25-12-11-14-7-3-4-8-15(14)23/h2-10H,1,11-13,24H2,(H,25,29). The molecule has 0 aliphatic heterocycles. The number of hydrogen-bond donors (Lipinski definition) is 2. The number of anilines is 1. The van der Waals surface area contributed by atoms with Crippen molar-refractivity contribution >= 4 is 33.9 Å². The lowest BCUT2D eigenvalue weighted by Gasteiger charge is -2.07. The van der Waals surface area contributed by atoms with Crippen LogP contribution in [-0.2, 0) is 13.0 Å². The van der Waals surface area contributed by atoms with E-state index < -0.39 is 0 Å². The maximum absolute atomic E-state index is 13.8. The second-order valence-corrected chi connectivity index (χ2v) is 6.64. The van der Waals surface area contributed by atoms with Gasteiger partial charge in [-0.15, -0.1) is 6.58 Å². The first-order valence-corrected chi connectivity index (χ1v) is 9.27. The average molecular weight is 389 g/mol. The number of halogens is 1. The third-order valence-electron chi connectivity index (χ3n) is 4.77. The van der Waals surface area contributed by atoms with Crippen LogP contribution in [0, 0.1) is 5.82 Å². The van der Waals surface area contributed by atoms with Gasteiger partial charge < -0.3 is 15.6 Å². The van der Waals surface area contributed by atoms with Gasteiger partial charge in [-0.25, -0.2) is 14.4 Å². The summed E-state index contributed by atoms with van der Waals surface area (Å²) in [5.41, 5.74) is 9.46. The predicted octanol–water partition coefficient (Wildman–Crippen LogP) is 3.46. The van der Waals surface area contributed by atoms with Crippen molar-refractivity contribution in [3.63, 3.8) is 0 Å². The molecule has 2 heterocycles. The number of nitrogens with zero attached hydrogens (tertiary/aromatic N) is 3. The molecule has 1 amide bonds. The number of para-hydroxylation sites is 2. The molecule has 29 heavy (non-hydrogen) atoms. The summed E-state index contributed by atoms with van der Waals surface area (Å²) < 4.78 is 15.5. The second-order valence-electron chi connectivity index (χ2n) is 6.64. The molecular weight excluding hydrogens is 369 g/mol. The largest absolute Gasteiger partial charge is 0.384 e. The first-order valence-electron chi connectivity index (χ1n) is 9.27. The Morgan fingerprint density at radius 2 is 1.83 bits per heavy atom. The van der Waals surface area contributed by atoms with Crippen LogP contribution in [0.1, 0.15) is 15.9 Å². The number of benzene rings is 2. The van der Waals surface area contributed by atoms with Gasteiger partial charge in [0.1, 0.15) is 22.7 Å². The zero-order valence-corrected chi connectivity index (χ0v) is 15.7. The SMILES string of the molecule is C=CCn1c(N)c(C(=O)NCCc2ccccc2F)c2nc3ccccc3nc21. The van der Waals surface area contributed by atoms with E-state index in [9.17, 15) is 9.18 Å². The van der Waals surface area contributed by atoms with E-state index in [1.807, 2.05) is 24.3 Å². The molecule has 0 aliphatic rings. The summed E-state index contributed by atoms with van der Waals surface area (Å²) in [7, 11) is 0. The number of carbonyl (C=O) groups excluding carboxylic acids is 1. The van der Waals surface area contributed by atoms with Crippen molar-refractivity contribution in [1.82, 2.24) is 19.9 Å². The van der Waals surface area contributed by atoms with Gasteiger partial charge in [0.2, 0.25) is 0 Å². The molecule has 4 rings (SSSR count). The van der Waals surface area contributed by atoms with Gasteiger partial charge in [-0.05, 0) is 30.2 Å². The average Bonchev–Trinajstić information content (AvgIpc) is 2.99. The van der Waals surface area contributed by atoms with E-state index in [4.69, 9.17) is 5.73 Å². The lowest BCUT2D eigenvalue weighted by atomic mass is 10.1. The fourth-order valence-corrected chi connectivity index (χ4v) is 3.36. The molecule has 0 bridgehead atoms. The third kappa shape index (κ3) is 3.42. The Kier molecular flexibility index (Phi) is 4.95. The molecule has 0 spiro atoms. The molecule has 0 fully saturated rings. The van der Waals surface area contributed by atoms with Crippen LogP contribution in [0.2, 0.25) is 0 Å². The van der Waals surface area contributed by atoms with Crippen LogP contribution < -0.4 is 11.1 Å². The van der Waals surface area contributed by atoms with Gasteiger partial charge in [0.15, 0.2) is 5.65 Å². The highest BCUT2D eigenvalue weighted by Gasteiger charge is 2.23. The Morgan fingerprint density at radius 3 is 2.55 bits per heavy atom. The molecule has 0 aliphatic carbocycles. The number of fused-ring (bicyclic) bond motifs is 2. The summed E-state index contributed by atoms with van der Waals surface area (Å²) in [6.45, 7) is 4.42. The minimum absolute atomic E-state index is 0.272. The molecule has 2 aromatic carbocycles. The van der Waals surface area contributed by atoms with Crippen LogP contribution in [0.5, 0.6) is 0 Å². The van der Waals surface area contributed by atoms with E-state index in [0.717, 1.165) is 0 Å². The molecule has 0 radical (unpaired) electrons. The van der Waals surface area contributed by atoms with E-state index >= 15 is 0 Å². The van der Waals surface area contributed by atoms with E-state index in [2.05, 4.69) is 21.9 Å². The van der Waals surface area contributed by atoms with E-state index in [1.165, 1.54) is 6.07 Å². The van der Waals surface area contributed by atoms with Crippen molar-refractivity contribution in [1.29, 1.82) is 0 Å². The number of nitrogen functional groups attached to an aromatic ring is 1. The topological polar surface area (TPSA) is 85.8 Å². The zero-order valence-electron chi connectivity index (χ0n) is 15.7. The zero-order chi connectivity index (χ0) is 20.4. The lowest BCUT2D eigenvalue weighted by Crippen LogP contribution is -2.26. The molecule has 2 aromatic heterocycles. The Hall–Kier alpha value is -3.74. The van der Waals surface area contributed by atoms with Gasteiger partial charge in [0.05, 0.1) is 11.0 Å². The minimum atomic E-state index is -0.365. The number of aromatic nitrogens is 3. The van der Waals surface area contributed by atoms with Gasteiger partial charge in [-0.3, -0.25) is 4.79 Å². The molecule has 146 valence electrons. The van der Waals surface area contributed by atoms with Gasteiger partial charge in [0.25, 0.3) is 5.91 Å². The monoisotopic (exact) mass is 389 g/mol. The second kappa shape index (κ2) is 7.71. The van der Waals surface area contributed by atoms with E-state index in [0.29, 0.717) is 40.7 Å². The smallest absolute Gasteiger partial charge is 0.257 e. The summed E-state index contributed by atoms with van der Waals surface area (Å²) in [4.78, 5) is 22.2. The minimum Gasteiger partial charge on any atom is -0.384 e. The third-order valence-corrected chi connectivity index (χ3v) is 4.77. The summed E-state index contributed by atoms with van der Waals surface area (Å²) in [6.07, 6.45) is 2.06. The fraction of sp³-hybridized carbons (Fsp3) is 0.136. The Morgan fingerprint density at radius 1 is 1.14 bits per heavy atom. The number of rotatable bonds is 6. The van der Waals surface area contributed by atoms with Crippen LogP contribution in [0.3, 0.4) is 0 Å². The van der Waals surface area contributed by atoms with Crippen molar-refractivity contribution in [3.8, 4) is 0 Å². The number of nitrogens with two attached hydrogens (primary N) is 1. The lowest BCUT2D eigenvalue weighted by molar-refractivity contribution is 0.0956. The summed E-state index contributed by atoms with van der Waals surface area (Å²) in [6, 6.07) is 13.9. The number of carbonyl (C=O) groups is 1. The van der Waals surface area contributed by atoms with E-state index in [-0.39, 0.29) is 29.7 Å². The fourth-order valence-electron chi connectivity index (χ4n) is 3.36. The van der Waals surface area contributed by atoms with Crippen LogP contribution in [0.25, 0.3) is 22.2 Å². The number of amides is 1. The van der Waals surface area contributed by atoms with Crippen molar-refractivity contribution in [2.24, 2.45) is 0 Å². The van der Waals surface area contributed by atoms with Crippen molar-refractivity contribution in [2.75, 3.05) is 12.3 Å². The maximum Gasteiger partial charge on any atom is 0.257 e. The Labute approximate surface area is 166 Å². The molecule has 0 saturated carbocycles. The molecule has 0 unspecified atom stereocenters. The Bertz CT molecular complexity index is 1230. The molecule has 3 N–H and O–H groups in total. The Balaban J connectivity index is 1.69. The molecule has 4 aromatic rings. The van der Waals surface area contributed by atoms with Gasteiger partial charge in [0, 0.05) is 13.1 Å². The van der Waals surface area contributed by atoms with Gasteiger partial charge >= 0.3 is 0 Å². The van der Waals surface area contributed by atoms with Crippen LogP contribution in [0.4, 0.5) is 10.2 Å². The van der Waals surface area contributed by atoms with Crippen molar-refractivity contribution < 1.29 is 9.18 Å². The molecule has 0 atom stereocenters. The number of allylic oxidation sites excluding steroid dienone is 1. The quantitative estimate of drug-likeness (QED) is 0.495. The van der Waals surface area contributed by atoms with Crippen LogP contribution >= 0.6 is 0 Å². The molecule has 7 heteroatoms. The highest BCUT2D eigenvalue weighted by atomic mass is 19.1. The molecular formula is C22H20FN5O. The predicted molar refractivity (Wildman–Crippen MR) is 112 cm³/mol. The van der Waals surface area contributed by atoms with Crippen molar-refractivity contribution in [2.45, 2.75) is 13.0 Å². The van der Waals surface area contributed by atoms with Gasteiger partial charge in [-0.1, -0.05) is 36.4 Å². The van der Waals surface area contributed by atoms with E-state index in [1.54, 1.807) is 28.8 Å². The molecule has 0 saturated heterocycles. The summed E-state index contributed by atoms with van der Waals surface area (Å²) >= 11 is 0. The van der Waals surface area contributed by atoms with Crippen molar-refractivity contribution in [3.05, 3.63) is 78.1 Å². The summed E-state index contributed by atoms with van der Waals surface area (Å²) in [5, 5.41) is 2.82. The normalized spacial score (nSPS) is 11.1. The highest BCUT2D eigenvalue weighted by molar-refractivity contribution is 6.10. The number of hydrogen-bond acceptors (Lipinski definition) is 4. The first kappa shape index (κ1) is 18.6. The van der Waals surface area contributed by atoms with Crippen LogP contribution in [-0.4, -0.2) is 27.0 Å². The van der Waals surface area contributed by atoms with Gasteiger partial charge in [-0.2, -0.15) is 0 Å². The maximum atomic E-state index is 13.8. The number of nitrogens with one attached hydrogen (secondary N) is 1. The van der Waals surface area contributed by atoms with Crippen LogP contribution in [0.15, 0.2) is 61.2 Å². The first-order chi connectivity index (χ1) is 14.1. The highest BCUT2D eigenvalue weighted by Crippen LogP contribution is 2.27. The molecule has 6 nitrogen and oxygen atoms in total. The summed E-state index contributed by atoms with van der Waals surface area (Å²) in [5.74, 6) is -0.379.